The highest BCUT2D eigenvalue weighted by molar-refractivity contribution is 9.10. The molecule has 1 aromatic carbocycles. The van der Waals surface area contributed by atoms with E-state index in [1.54, 1.807) is 7.11 Å². The minimum Gasteiger partial charge on any atom is -0.369 e. The average Bonchev–Trinajstić information content (AvgIpc) is 2.19. The van der Waals surface area contributed by atoms with Gasteiger partial charge in [-0.05, 0) is 23.9 Å². The average molecular weight is 316 g/mol. The fourth-order valence-electron chi connectivity index (χ4n) is 1.85. The Balaban J connectivity index is 2.63. The van der Waals surface area contributed by atoms with Crippen LogP contribution in [0.5, 0.6) is 0 Å². The molecule has 0 spiro atoms. The van der Waals surface area contributed by atoms with Crippen molar-refractivity contribution in [2.75, 3.05) is 20.0 Å². The maximum absolute atomic E-state index is 5.28. The predicted octanol–water partition coefficient (Wildman–Crippen LogP) is 3.73. The molecule has 0 aliphatic heterocycles. The van der Waals surface area contributed by atoms with Gasteiger partial charge in [0, 0.05) is 18.1 Å². The molecule has 1 rings (SSSR count). The Morgan fingerprint density at radius 3 is 2.24 bits per heavy atom. The first-order valence-corrected chi connectivity index (χ1v) is 10.4. The molecule has 0 fully saturated rings. The van der Waals surface area contributed by atoms with Gasteiger partial charge in [0.15, 0.2) is 0 Å². The van der Waals surface area contributed by atoms with Crippen molar-refractivity contribution < 1.29 is 4.74 Å². The van der Waals surface area contributed by atoms with Crippen molar-refractivity contribution in [2.45, 2.75) is 26.2 Å². The zero-order valence-corrected chi connectivity index (χ0v) is 13.8. The summed E-state index contributed by atoms with van der Waals surface area (Å²) in [6, 6.07) is 8.51. The molecule has 2 nitrogen and oxygen atoms in total. The second-order valence-corrected chi connectivity index (χ2v) is 11.9. The minimum absolute atomic E-state index is 0.709. The molecule has 0 aromatic heterocycles. The van der Waals surface area contributed by atoms with Gasteiger partial charge in [0.2, 0.25) is 0 Å². The van der Waals surface area contributed by atoms with Gasteiger partial charge >= 0.3 is 0 Å². The Bertz CT molecular complexity index is 334. The van der Waals surface area contributed by atoms with E-state index in [9.17, 15) is 0 Å². The molecule has 0 heterocycles. The standard InChI is InChI=1S/C13H22BrNOSi/c1-16-10-15(11-17(2,3)4)9-12-5-7-13(14)8-6-12/h5-8H,9-11H2,1-4H3. The molecule has 1 aromatic rings. The summed E-state index contributed by atoms with van der Waals surface area (Å²) in [7, 11) is 0.677. The van der Waals surface area contributed by atoms with Crippen LogP contribution < -0.4 is 0 Å². The molecule has 0 radical (unpaired) electrons. The first-order valence-electron chi connectivity index (χ1n) is 5.86. The topological polar surface area (TPSA) is 12.5 Å². The second-order valence-electron chi connectivity index (χ2n) is 5.59. The third-order valence-electron chi connectivity index (χ3n) is 2.33. The molecule has 96 valence electrons. The van der Waals surface area contributed by atoms with Gasteiger partial charge in [0.05, 0.1) is 14.8 Å². The number of hydrogen-bond acceptors (Lipinski definition) is 2. The highest BCUT2D eigenvalue weighted by Gasteiger charge is 2.18. The maximum Gasteiger partial charge on any atom is 0.0986 e. The summed E-state index contributed by atoms with van der Waals surface area (Å²) >= 11 is 3.46. The molecular formula is C13H22BrNOSi. The van der Waals surface area contributed by atoms with Crippen molar-refractivity contribution in [2.24, 2.45) is 0 Å². The zero-order valence-electron chi connectivity index (χ0n) is 11.2. The van der Waals surface area contributed by atoms with Crippen LogP contribution in [-0.4, -0.2) is 33.0 Å². The minimum atomic E-state index is -1.09. The third kappa shape index (κ3) is 6.36. The zero-order chi connectivity index (χ0) is 12.9. The normalized spacial score (nSPS) is 12.1. The number of methoxy groups -OCH3 is 1. The van der Waals surface area contributed by atoms with Crippen molar-refractivity contribution in [3.63, 3.8) is 0 Å². The Morgan fingerprint density at radius 1 is 1.18 bits per heavy atom. The number of halogens is 1. The molecule has 17 heavy (non-hydrogen) atoms. The summed E-state index contributed by atoms with van der Waals surface area (Å²) in [4.78, 5) is 2.38. The van der Waals surface area contributed by atoms with Gasteiger partial charge in [-0.2, -0.15) is 0 Å². The van der Waals surface area contributed by atoms with Gasteiger partial charge in [0.25, 0.3) is 0 Å². The summed E-state index contributed by atoms with van der Waals surface area (Å²) < 4.78 is 6.41. The van der Waals surface area contributed by atoms with Crippen LogP contribution in [0.15, 0.2) is 28.7 Å². The SMILES string of the molecule is COCN(Cc1ccc(Br)cc1)C[Si](C)(C)C. The quantitative estimate of drug-likeness (QED) is 0.586. The highest BCUT2D eigenvalue weighted by atomic mass is 79.9. The van der Waals surface area contributed by atoms with Gasteiger partial charge < -0.3 is 4.74 Å². The van der Waals surface area contributed by atoms with Crippen molar-refractivity contribution in [1.29, 1.82) is 0 Å². The monoisotopic (exact) mass is 315 g/mol. The van der Waals surface area contributed by atoms with E-state index in [-0.39, 0.29) is 0 Å². The molecule has 0 N–H and O–H groups in total. The van der Waals surface area contributed by atoms with Crippen LogP contribution in [0.3, 0.4) is 0 Å². The van der Waals surface area contributed by atoms with Crippen LogP contribution in [0, 0.1) is 0 Å². The number of benzene rings is 1. The van der Waals surface area contributed by atoms with Gasteiger partial charge in [-0.25, -0.2) is 0 Å². The molecule has 0 bridgehead atoms. The van der Waals surface area contributed by atoms with Gasteiger partial charge in [-0.15, -0.1) is 0 Å². The van der Waals surface area contributed by atoms with E-state index in [4.69, 9.17) is 4.74 Å². The smallest absolute Gasteiger partial charge is 0.0986 e. The van der Waals surface area contributed by atoms with Crippen molar-refractivity contribution in [3.05, 3.63) is 34.3 Å². The summed E-state index contributed by atoms with van der Waals surface area (Å²) in [5.74, 6) is 0. The van der Waals surface area contributed by atoms with E-state index in [0.29, 0.717) is 6.73 Å². The predicted molar refractivity (Wildman–Crippen MR) is 79.8 cm³/mol. The van der Waals surface area contributed by atoms with E-state index in [2.05, 4.69) is 64.7 Å². The summed E-state index contributed by atoms with van der Waals surface area (Å²) in [5.41, 5.74) is 1.34. The summed E-state index contributed by atoms with van der Waals surface area (Å²) in [5, 5.41) is 0. The van der Waals surface area contributed by atoms with Crippen LogP contribution >= 0.6 is 15.9 Å². The Hall–Kier alpha value is -0.163. The second kappa shape index (κ2) is 6.68. The lowest BCUT2D eigenvalue weighted by molar-refractivity contribution is 0.0697. The molecule has 0 amide bonds. The van der Waals surface area contributed by atoms with E-state index in [0.717, 1.165) is 17.2 Å². The lowest BCUT2D eigenvalue weighted by atomic mass is 10.2. The lowest BCUT2D eigenvalue weighted by Crippen LogP contribution is -2.40. The maximum atomic E-state index is 5.28. The number of nitrogens with zero attached hydrogens (tertiary/aromatic N) is 1. The van der Waals surface area contributed by atoms with Crippen LogP contribution in [0.1, 0.15) is 5.56 Å². The van der Waals surface area contributed by atoms with Gasteiger partial charge in [0.1, 0.15) is 0 Å². The fourth-order valence-corrected chi connectivity index (χ4v) is 3.66. The molecule has 4 heteroatoms. The molecule has 0 aliphatic rings. The van der Waals surface area contributed by atoms with Crippen molar-refractivity contribution in [1.82, 2.24) is 4.90 Å². The van der Waals surface area contributed by atoms with Crippen LogP contribution in [0.4, 0.5) is 0 Å². The Labute approximate surface area is 114 Å². The first-order chi connectivity index (χ1) is 7.90. The fraction of sp³-hybridized carbons (Fsp3) is 0.538. The molecule has 0 atom stereocenters. The van der Waals surface area contributed by atoms with Gasteiger partial charge in [-0.3, -0.25) is 4.90 Å². The molecule has 0 saturated carbocycles. The number of rotatable bonds is 6. The largest absolute Gasteiger partial charge is 0.369 e. The Morgan fingerprint density at radius 2 is 1.76 bits per heavy atom. The van der Waals surface area contributed by atoms with E-state index in [1.807, 2.05) is 0 Å². The molecular weight excluding hydrogens is 294 g/mol. The summed E-state index contributed by atoms with van der Waals surface area (Å²) in [6.45, 7) is 8.83. The number of hydrogen-bond donors (Lipinski definition) is 0. The Kier molecular flexibility index (Phi) is 5.86. The first kappa shape index (κ1) is 14.9. The van der Waals surface area contributed by atoms with Gasteiger partial charge in [-0.1, -0.05) is 47.7 Å². The van der Waals surface area contributed by atoms with E-state index in [1.165, 1.54) is 5.56 Å². The summed E-state index contributed by atoms with van der Waals surface area (Å²) in [6.07, 6.45) is 1.16. The van der Waals surface area contributed by atoms with Crippen molar-refractivity contribution >= 4 is 24.0 Å². The lowest BCUT2D eigenvalue weighted by Gasteiger charge is -2.28. The van der Waals surface area contributed by atoms with Crippen LogP contribution in [0.25, 0.3) is 0 Å². The third-order valence-corrected chi connectivity index (χ3v) is 4.25. The van der Waals surface area contributed by atoms with Crippen molar-refractivity contribution in [3.8, 4) is 0 Å². The van der Waals surface area contributed by atoms with Crippen LogP contribution in [0.2, 0.25) is 19.6 Å². The highest BCUT2D eigenvalue weighted by Crippen LogP contribution is 2.13. The molecule has 0 saturated heterocycles. The molecule has 0 aliphatic carbocycles. The molecule has 0 unspecified atom stereocenters. The van der Waals surface area contributed by atoms with Crippen LogP contribution in [-0.2, 0) is 11.3 Å². The van der Waals surface area contributed by atoms with E-state index < -0.39 is 8.07 Å². The number of ether oxygens (including phenoxy) is 1. The van der Waals surface area contributed by atoms with E-state index >= 15 is 0 Å².